The molecule has 1 aromatic carbocycles. The third-order valence-corrected chi connectivity index (χ3v) is 4.20. The van der Waals surface area contributed by atoms with Gasteiger partial charge in [0.2, 0.25) is 5.89 Å². The van der Waals surface area contributed by atoms with E-state index in [-0.39, 0.29) is 16.5 Å². The first-order valence-electron chi connectivity index (χ1n) is 6.85. The van der Waals surface area contributed by atoms with E-state index in [4.69, 9.17) is 4.52 Å². The normalized spacial score (nSPS) is 12.7. The molecule has 0 bridgehead atoms. The zero-order chi connectivity index (χ0) is 17.2. The maximum Gasteiger partial charge on any atom is 0.319 e. The Morgan fingerprint density at radius 1 is 1.30 bits per heavy atom. The first-order chi connectivity index (χ1) is 10.7. The molecule has 2 rings (SSSR count). The second-order valence-corrected chi connectivity index (χ2v) is 7.26. The number of nitrogens with one attached hydrogen (secondary N) is 2. The molecule has 124 valence electrons. The van der Waals surface area contributed by atoms with Crippen LogP contribution in [0.15, 0.2) is 27.6 Å². The molecule has 0 spiro atoms. The predicted molar refractivity (Wildman–Crippen MR) is 83.9 cm³/mol. The number of carbonyl (C=O) groups excluding carboxylic acids is 1. The van der Waals surface area contributed by atoms with Crippen LogP contribution in [0.3, 0.4) is 0 Å². The van der Waals surface area contributed by atoms with Gasteiger partial charge in [0.05, 0.1) is 10.6 Å². The van der Waals surface area contributed by atoms with Gasteiger partial charge in [-0.2, -0.15) is 4.98 Å². The Balaban J connectivity index is 2.16. The highest BCUT2D eigenvalue weighted by atomic mass is 32.2. The lowest BCUT2D eigenvalue weighted by atomic mass is 10.2. The van der Waals surface area contributed by atoms with Crippen molar-refractivity contribution in [1.29, 1.82) is 0 Å². The Bertz CT molecular complexity index is 829. The summed E-state index contributed by atoms with van der Waals surface area (Å²) in [6.45, 7) is 5.16. The fourth-order valence-electron chi connectivity index (χ4n) is 1.97. The Labute approximate surface area is 134 Å². The van der Waals surface area contributed by atoms with Crippen LogP contribution in [-0.2, 0) is 9.84 Å². The van der Waals surface area contributed by atoms with Crippen LogP contribution in [0.25, 0.3) is 0 Å². The van der Waals surface area contributed by atoms with Crippen molar-refractivity contribution in [2.75, 3.05) is 11.6 Å². The summed E-state index contributed by atoms with van der Waals surface area (Å²) in [5.74, 6) is 0.734. The molecule has 0 saturated carbocycles. The molecule has 9 heteroatoms. The first kappa shape index (κ1) is 16.9. The molecular formula is C14H18N4O4S. The van der Waals surface area contributed by atoms with Gasteiger partial charge >= 0.3 is 6.03 Å². The second kappa shape index (κ2) is 6.37. The molecule has 1 heterocycles. The average molecular weight is 338 g/mol. The van der Waals surface area contributed by atoms with Gasteiger partial charge in [0.15, 0.2) is 15.7 Å². The largest absolute Gasteiger partial charge is 0.337 e. The third-order valence-electron chi connectivity index (χ3n) is 3.04. The van der Waals surface area contributed by atoms with Crippen LogP contribution in [0.4, 0.5) is 10.5 Å². The number of hydrogen-bond donors (Lipinski definition) is 2. The van der Waals surface area contributed by atoms with E-state index < -0.39 is 21.9 Å². The Morgan fingerprint density at radius 3 is 2.57 bits per heavy atom. The molecule has 0 unspecified atom stereocenters. The number of anilines is 1. The zero-order valence-corrected chi connectivity index (χ0v) is 14.1. The molecule has 2 aromatic rings. The van der Waals surface area contributed by atoms with Crippen LogP contribution < -0.4 is 10.6 Å². The minimum Gasteiger partial charge on any atom is -0.337 e. The van der Waals surface area contributed by atoms with Crippen LogP contribution in [0.1, 0.15) is 30.2 Å². The third kappa shape index (κ3) is 4.28. The molecule has 8 nitrogen and oxygen atoms in total. The lowest BCUT2D eigenvalue weighted by Gasteiger charge is -2.14. The number of sulfone groups is 1. The smallest absolute Gasteiger partial charge is 0.319 e. The minimum absolute atomic E-state index is 0.0551. The monoisotopic (exact) mass is 338 g/mol. The summed E-state index contributed by atoms with van der Waals surface area (Å²) < 4.78 is 28.6. The van der Waals surface area contributed by atoms with E-state index in [1.54, 1.807) is 32.9 Å². The van der Waals surface area contributed by atoms with Gasteiger partial charge in [0.1, 0.15) is 6.04 Å². The van der Waals surface area contributed by atoms with Crippen molar-refractivity contribution < 1.29 is 17.7 Å². The molecule has 1 atom stereocenters. The quantitative estimate of drug-likeness (QED) is 0.881. The van der Waals surface area contributed by atoms with E-state index in [2.05, 4.69) is 20.8 Å². The van der Waals surface area contributed by atoms with Gasteiger partial charge in [-0.1, -0.05) is 11.2 Å². The maximum atomic E-state index is 12.1. The van der Waals surface area contributed by atoms with Crippen molar-refractivity contribution in [1.82, 2.24) is 15.5 Å². The van der Waals surface area contributed by atoms with E-state index in [1.807, 2.05) is 0 Å². The minimum atomic E-state index is -3.46. The van der Waals surface area contributed by atoms with Crippen LogP contribution in [0.5, 0.6) is 0 Å². The summed E-state index contributed by atoms with van der Waals surface area (Å²) in [5.41, 5.74) is 1.05. The lowest BCUT2D eigenvalue weighted by molar-refractivity contribution is 0.245. The first-order valence-corrected chi connectivity index (χ1v) is 8.74. The van der Waals surface area contributed by atoms with Gasteiger partial charge in [-0.3, -0.25) is 0 Å². The zero-order valence-electron chi connectivity index (χ0n) is 13.2. The molecule has 2 N–H and O–H groups in total. The van der Waals surface area contributed by atoms with Crippen LogP contribution >= 0.6 is 0 Å². The predicted octanol–water partition coefficient (Wildman–Crippen LogP) is 1.97. The Kier molecular flexibility index (Phi) is 4.69. The standard InChI is InChI=1S/C14H18N4O4S/c1-8-5-6-12(23(4,20)21)11(7-8)17-14(19)15-9(2)13-16-10(3)18-22-13/h5-7,9H,1-4H3,(H2,15,17,19)/t9-/m0/s1. The molecule has 23 heavy (non-hydrogen) atoms. The SMILES string of the molecule is Cc1ccc(S(C)(=O)=O)c(NC(=O)N[C@@H](C)c2nc(C)no2)c1. The van der Waals surface area contributed by atoms with Crippen molar-refractivity contribution in [3.63, 3.8) is 0 Å². The van der Waals surface area contributed by atoms with Crippen LogP contribution in [-0.4, -0.2) is 30.8 Å². The van der Waals surface area contributed by atoms with E-state index in [1.165, 1.54) is 6.07 Å². The average Bonchev–Trinajstić information content (AvgIpc) is 2.84. The molecule has 0 fully saturated rings. The number of amides is 2. The number of aryl methyl sites for hydroxylation is 2. The number of nitrogens with zero attached hydrogens (tertiary/aromatic N) is 2. The molecular weight excluding hydrogens is 320 g/mol. The Hall–Kier alpha value is -2.42. The van der Waals surface area contributed by atoms with Crippen molar-refractivity contribution >= 4 is 21.6 Å². The molecule has 0 radical (unpaired) electrons. The van der Waals surface area contributed by atoms with Crippen molar-refractivity contribution in [2.24, 2.45) is 0 Å². The molecule has 0 aliphatic heterocycles. The number of hydrogen-bond acceptors (Lipinski definition) is 6. The highest BCUT2D eigenvalue weighted by Gasteiger charge is 2.18. The van der Waals surface area contributed by atoms with Crippen LogP contribution in [0.2, 0.25) is 0 Å². The summed E-state index contributed by atoms with van der Waals surface area (Å²) in [6, 6.07) is 3.65. The Morgan fingerprint density at radius 2 is 2.00 bits per heavy atom. The summed E-state index contributed by atoms with van der Waals surface area (Å²) >= 11 is 0. The second-order valence-electron chi connectivity index (χ2n) is 5.27. The number of benzene rings is 1. The van der Waals surface area contributed by atoms with Gasteiger partial charge in [0, 0.05) is 6.26 Å². The topological polar surface area (TPSA) is 114 Å². The summed E-state index contributed by atoms with van der Waals surface area (Å²) in [5, 5.41) is 8.81. The summed E-state index contributed by atoms with van der Waals surface area (Å²) in [4.78, 5) is 16.2. The van der Waals surface area contributed by atoms with Gasteiger partial charge in [-0.15, -0.1) is 0 Å². The van der Waals surface area contributed by atoms with Crippen molar-refractivity contribution in [3.05, 3.63) is 35.5 Å². The number of carbonyl (C=O) groups is 1. The summed E-state index contributed by atoms with van der Waals surface area (Å²) in [7, 11) is -3.46. The molecule has 0 aliphatic carbocycles. The molecule has 1 aromatic heterocycles. The maximum absolute atomic E-state index is 12.1. The van der Waals surface area contributed by atoms with Crippen molar-refractivity contribution in [3.8, 4) is 0 Å². The highest BCUT2D eigenvalue weighted by molar-refractivity contribution is 7.90. The van der Waals surface area contributed by atoms with Gasteiger partial charge in [-0.25, -0.2) is 13.2 Å². The number of rotatable bonds is 4. The van der Waals surface area contributed by atoms with Gasteiger partial charge < -0.3 is 15.2 Å². The fraction of sp³-hybridized carbons (Fsp3) is 0.357. The van der Waals surface area contributed by atoms with E-state index in [0.717, 1.165) is 11.8 Å². The fourth-order valence-corrected chi connectivity index (χ4v) is 2.80. The lowest BCUT2D eigenvalue weighted by Crippen LogP contribution is -2.31. The summed E-state index contributed by atoms with van der Waals surface area (Å²) in [6.07, 6.45) is 1.09. The van der Waals surface area contributed by atoms with E-state index >= 15 is 0 Å². The van der Waals surface area contributed by atoms with Gasteiger partial charge in [-0.05, 0) is 38.5 Å². The van der Waals surface area contributed by atoms with Gasteiger partial charge in [0.25, 0.3) is 0 Å². The van der Waals surface area contributed by atoms with Crippen LogP contribution in [0, 0.1) is 13.8 Å². The number of urea groups is 1. The molecule has 0 aliphatic rings. The van der Waals surface area contributed by atoms with E-state index in [0.29, 0.717) is 5.82 Å². The molecule has 2 amide bonds. The van der Waals surface area contributed by atoms with E-state index in [9.17, 15) is 13.2 Å². The highest BCUT2D eigenvalue weighted by Crippen LogP contribution is 2.22. The molecule has 0 saturated heterocycles. The number of aromatic nitrogens is 2. The van der Waals surface area contributed by atoms with Crippen molar-refractivity contribution in [2.45, 2.75) is 31.7 Å².